The first-order valence-corrected chi connectivity index (χ1v) is 9.75. The third-order valence-corrected chi connectivity index (χ3v) is 4.95. The van der Waals surface area contributed by atoms with Crippen molar-refractivity contribution in [2.75, 3.05) is 12.4 Å². The van der Waals surface area contributed by atoms with Crippen LogP contribution in [0.5, 0.6) is 0 Å². The molecule has 0 saturated heterocycles. The Labute approximate surface area is 182 Å². The highest BCUT2D eigenvalue weighted by Crippen LogP contribution is 2.19. The molecule has 2 heterocycles. The largest absolute Gasteiger partial charge is 0.465 e. The number of benzene rings is 2. The van der Waals surface area contributed by atoms with Gasteiger partial charge < -0.3 is 10.1 Å². The van der Waals surface area contributed by atoms with Crippen molar-refractivity contribution in [3.63, 3.8) is 0 Å². The van der Waals surface area contributed by atoms with Crippen LogP contribution in [0.15, 0.2) is 77.9 Å². The second-order valence-corrected chi connectivity index (χ2v) is 6.92. The smallest absolute Gasteiger partial charge is 0.340 e. The standard InChI is InChI=1S/C22H18ClN5O3/c1-31-22(30)17-9-5-6-10-19(17)28-21(29)20(23)18(14-25-28)24-13-15-11-12-27(26-15)16-7-3-2-4-8-16/h2-12,14,24H,13H2,1H3. The molecule has 0 fully saturated rings. The van der Waals surface area contributed by atoms with Gasteiger partial charge in [-0.1, -0.05) is 41.9 Å². The molecule has 0 saturated carbocycles. The summed E-state index contributed by atoms with van der Waals surface area (Å²) in [7, 11) is 1.27. The van der Waals surface area contributed by atoms with E-state index in [1.54, 1.807) is 28.9 Å². The summed E-state index contributed by atoms with van der Waals surface area (Å²) in [6, 6.07) is 18.1. The highest BCUT2D eigenvalue weighted by Gasteiger charge is 2.17. The number of ether oxygens (including phenoxy) is 1. The molecule has 0 spiro atoms. The van der Waals surface area contributed by atoms with Gasteiger partial charge >= 0.3 is 5.97 Å². The van der Waals surface area contributed by atoms with Crippen molar-refractivity contribution in [1.29, 1.82) is 0 Å². The van der Waals surface area contributed by atoms with Gasteiger partial charge in [0.2, 0.25) is 0 Å². The van der Waals surface area contributed by atoms with E-state index in [0.29, 0.717) is 12.2 Å². The first kappa shape index (κ1) is 20.4. The quantitative estimate of drug-likeness (QED) is 0.466. The van der Waals surface area contributed by atoms with Crippen molar-refractivity contribution < 1.29 is 9.53 Å². The van der Waals surface area contributed by atoms with Crippen molar-refractivity contribution in [3.8, 4) is 11.4 Å². The van der Waals surface area contributed by atoms with Gasteiger partial charge in [-0.2, -0.15) is 14.9 Å². The van der Waals surface area contributed by atoms with E-state index in [1.807, 2.05) is 42.6 Å². The van der Waals surface area contributed by atoms with E-state index in [9.17, 15) is 9.59 Å². The summed E-state index contributed by atoms with van der Waals surface area (Å²) in [5.74, 6) is -0.573. The Morgan fingerprint density at radius 2 is 1.84 bits per heavy atom. The molecule has 8 nitrogen and oxygen atoms in total. The molecule has 4 aromatic rings. The van der Waals surface area contributed by atoms with Gasteiger partial charge in [-0.05, 0) is 30.3 Å². The van der Waals surface area contributed by atoms with Gasteiger partial charge in [0, 0.05) is 6.20 Å². The molecule has 0 aliphatic rings. The van der Waals surface area contributed by atoms with Gasteiger partial charge in [0.25, 0.3) is 5.56 Å². The number of nitrogens with one attached hydrogen (secondary N) is 1. The first-order valence-electron chi connectivity index (χ1n) is 9.38. The molecular weight excluding hydrogens is 418 g/mol. The number of aromatic nitrogens is 4. The Morgan fingerprint density at radius 1 is 1.10 bits per heavy atom. The molecule has 1 N–H and O–H groups in total. The third kappa shape index (κ3) is 4.19. The lowest BCUT2D eigenvalue weighted by Gasteiger charge is -2.12. The predicted molar refractivity (Wildman–Crippen MR) is 117 cm³/mol. The number of halogens is 1. The van der Waals surface area contributed by atoms with Crippen LogP contribution in [0, 0.1) is 0 Å². The van der Waals surface area contributed by atoms with Gasteiger partial charge in [0.1, 0.15) is 5.02 Å². The minimum Gasteiger partial charge on any atom is -0.465 e. The van der Waals surface area contributed by atoms with Crippen LogP contribution in [-0.2, 0) is 11.3 Å². The van der Waals surface area contributed by atoms with Gasteiger partial charge in [-0.25, -0.2) is 9.48 Å². The Kier molecular flexibility index (Phi) is 5.81. The maximum absolute atomic E-state index is 12.8. The maximum Gasteiger partial charge on any atom is 0.340 e. The first-order chi connectivity index (χ1) is 15.1. The molecule has 0 bridgehead atoms. The van der Waals surface area contributed by atoms with E-state index < -0.39 is 11.5 Å². The van der Waals surface area contributed by atoms with E-state index in [-0.39, 0.29) is 16.3 Å². The SMILES string of the molecule is COC(=O)c1ccccc1-n1ncc(NCc2ccn(-c3ccccc3)n2)c(Cl)c1=O. The summed E-state index contributed by atoms with van der Waals surface area (Å²) < 4.78 is 7.61. The van der Waals surface area contributed by atoms with Crippen molar-refractivity contribution in [1.82, 2.24) is 19.6 Å². The van der Waals surface area contributed by atoms with Gasteiger partial charge in [0.05, 0.1) is 48.2 Å². The average Bonchev–Trinajstić information content (AvgIpc) is 3.29. The second-order valence-electron chi connectivity index (χ2n) is 6.54. The van der Waals surface area contributed by atoms with E-state index in [1.165, 1.54) is 13.3 Å². The Morgan fingerprint density at radius 3 is 2.61 bits per heavy atom. The molecule has 0 radical (unpaired) electrons. The van der Waals surface area contributed by atoms with Crippen molar-refractivity contribution >= 4 is 23.3 Å². The van der Waals surface area contributed by atoms with E-state index >= 15 is 0 Å². The van der Waals surface area contributed by atoms with Crippen molar-refractivity contribution in [2.24, 2.45) is 0 Å². The van der Waals surface area contributed by atoms with Crippen LogP contribution in [0.4, 0.5) is 5.69 Å². The fourth-order valence-corrected chi connectivity index (χ4v) is 3.23. The zero-order chi connectivity index (χ0) is 21.8. The number of carbonyl (C=O) groups is 1. The molecule has 31 heavy (non-hydrogen) atoms. The van der Waals surface area contributed by atoms with Crippen molar-refractivity contribution in [2.45, 2.75) is 6.54 Å². The molecule has 2 aromatic carbocycles. The number of esters is 1. The highest BCUT2D eigenvalue weighted by molar-refractivity contribution is 6.32. The van der Waals surface area contributed by atoms with Crippen LogP contribution >= 0.6 is 11.6 Å². The summed E-state index contributed by atoms with van der Waals surface area (Å²) in [6.07, 6.45) is 3.29. The van der Waals surface area contributed by atoms with Crippen molar-refractivity contribution in [3.05, 3.63) is 99.7 Å². The number of para-hydroxylation sites is 2. The minimum atomic E-state index is -0.573. The summed E-state index contributed by atoms with van der Waals surface area (Å²) in [4.78, 5) is 24.8. The van der Waals surface area contributed by atoms with Gasteiger partial charge in [-0.15, -0.1) is 0 Å². The highest BCUT2D eigenvalue weighted by atomic mass is 35.5. The van der Waals surface area contributed by atoms with E-state index in [2.05, 4.69) is 15.5 Å². The number of anilines is 1. The molecule has 9 heteroatoms. The fourth-order valence-electron chi connectivity index (χ4n) is 3.03. The van der Waals surface area contributed by atoms with Gasteiger partial charge in [0.15, 0.2) is 0 Å². The van der Waals surface area contributed by atoms with E-state index in [4.69, 9.17) is 16.3 Å². The zero-order valence-corrected chi connectivity index (χ0v) is 17.3. The average molecular weight is 436 g/mol. The summed E-state index contributed by atoms with van der Waals surface area (Å²) in [5, 5.41) is 11.7. The molecule has 4 rings (SSSR count). The van der Waals surface area contributed by atoms with Crippen LogP contribution in [0.2, 0.25) is 5.02 Å². The minimum absolute atomic E-state index is 0.0443. The Bertz CT molecular complexity index is 1280. The number of carbonyl (C=O) groups excluding carboxylic acids is 1. The number of hydrogen-bond acceptors (Lipinski definition) is 6. The lowest BCUT2D eigenvalue weighted by atomic mass is 10.2. The molecule has 2 aromatic heterocycles. The molecule has 0 unspecified atom stereocenters. The summed E-state index contributed by atoms with van der Waals surface area (Å²) in [5.41, 5.74) is 2.02. The number of methoxy groups -OCH3 is 1. The third-order valence-electron chi connectivity index (χ3n) is 4.58. The Hall–Kier alpha value is -3.91. The van der Waals surface area contributed by atoms with Gasteiger partial charge in [-0.3, -0.25) is 4.79 Å². The van der Waals surface area contributed by atoms with Crippen LogP contribution in [-0.4, -0.2) is 32.6 Å². The second kappa shape index (κ2) is 8.85. The lowest BCUT2D eigenvalue weighted by Crippen LogP contribution is -2.24. The number of hydrogen-bond donors (Lipinski definition) is 1. The molecule has 0 aliphatic heterocycles. The summed E-state index contributed by atoms with van der Waals surface area (Å²) >= 11 is 6.30. The molecule has 0 amide bonds. The van der Waals surface area contributed by atoms with Crippen LogP contribution in [0.25, 0.3) is 11.4 Å². The zero-order valence-electron chi connectivity index (χ0n) is 16.5. The van der Waals surface area contributed by atoms with Crippen LogP contribution in [0.1, 0.15) is 16.1 Å². The molecule has 0 aliphatic carbocycles. The normalized spacial score (nSPS) is 10.6. The molecular formula is C22H18ClN5O3. The fraction of sp³-hybridized carbons (Fsp3) is 0.0909. The van der Waals surface area contributed by atoms with Crippen LogP contribution < -0.4 is 10.9 Å². The number of rotatable bonds is 6. The monoisotopic (exact) mass is 435 g/mol. The number of nitrogens with zero attached hydrogens (tertiary/aromatic N) is 4. The maximum atomic E-state index is 12.8. The predicted octanol–water partition coefficient (Wildman–Crippen LogP) is 3.47. The summed E-state index contributed by atoms with van der Waals surface area (Å²) in [6.45, 7) is 0.351. The van der Waals surface area contributed by atoms with E-state index in [0.717, 1.165) is 16.1 Å². The van der Waals surface area contributed by atoms with Crippen LogP contribution in [0.3, 0.4) is 0 Å². The Balaban J connectivity index is 1.56. The molecule has 0 atom stereocenters. The lowest BCUT2D eigenvalue weighted by molar-refractivity contribution is 0.0600. The molecule has 156 valence electrons. The topological polar surface area (TPSA) is 91.0 Å².